The first-order chi connectivity index (χ1) is 10.8. The normalized spacial score (nSPS) is 23.0. The quantitative estimate of drug-likeness (QED) is 0.925. The number of carbonyl (C=O) groups is 1. The highest BCUT2D eigenvalue weighted by molar-refractivity contribution is 5.84. The van der Waals surface area contributed by atoms with Crippen LogP contribution in [0.4, 0.5) is 0 Å². The van der Waals surface area contributed by atoms with E-state index in [0.717, 1.165) is 52.1 Å². The predicted molar refractivity (Wildman–Crippen MR) is 88.8 cm³/mol. The van der Waals surface area contributed by atoms with Crippen LogP contribution in [0.5, 0.6) is 0 Å². The van der Waals surface area contributed by atoms with Gasteiger partial charge >= 0.3 is 0 Å². The highest BCUT2D eigenvalue weighted by Gasteiger charge is 2.30. The number of fused-ring (bicyclic) bond motifs is 1. The molecule has 4 nitrogen and oxygen atoms in total. The fraction of sp³-hybridized carbons (Fsp3) is 0.611. The van der Waals surface area contributed by atoms with E-state index in [4.69, 9.17) is 0 Å². The second-order valence-corrected chi connectivity index (χ2v) is 6.36. The fourth-order valence-corrected chi connectivity index (χ4v) is 3.64. The Hall–Kier alpha value is -1.39. The van der Waals surface area contributed by atoms with Crippen molar-refractivity contribution in [1.29, 1.82) is 0 Å². The maximum absolute atomic E-state index is 13.0. The molecule has 1 atom stereocenters. The summed E-state index contributed by atoms with van der Waals surface area (Å²) in [6, 6.07) is 8.22. The Bertz CT molecular complexity index is 517. The Balaban J connectivity index is 1.69. The molecule has 0 unspecified atom stereocenters. The van der Waals surface area contributed by atoms with Gasteiger partial charge in [-0.3, -0.25) is 4.79 Å². The van der Waals surface area contributed by atoms with Gasteiger partial charge in [-0.1, -0.05) is 31.2 Å². The lowest BCUT2D eigenvalue weighted by molar-refractivity contribution is -0.133. The molecule has 2 heterocycles. The zero-order valence-electron chi connectivity index (χ0n) is 13.6. The zero-order valence-corrected chi connectivity index (χ0v) is 13.6. The van der Waals surface area contributed by atoms with Crippen molar-refractivity contribution in [3.8, 4) is 0 Å². The standard InChI is InChI=1S/C18H27N3O/c1-2-10-20-11-5-12-21(14-13-20)18(22)17-16-7-4-3-6-15(16)8-9-19-17/h3-4,6-7,17,19H,2,5,8-14H2,1H3/t17-/m1/s1. The van der Waals surface area contributed by atoms with Crippen LogP contribution in [0.15, 0.2) is 24.3 Å². The van der Waals surface area contributed by atoms with E-state index in [1.807, 2.05) is 6.07 Å². The second kappa shape index (κ2) is 7.25. The fourth-order valence-electron chi connectivity index (χ4n) is 3.64. The van der Waals surface area contributed by atoms with Crippen molar-refractivity contribution in [2.75, 3.05) is 39.3 Å². The number of carbonyl (C=O) groups excluding carboxylic acids is 1. The molecule has 120 valence electrons. The summed E-state index contributed by atoms with van der Waals surface area (Å²) >= 11 is 0. The number of rotatable bonds is 3. The average Bonchev–Trinajstić information content (AvgIpc) is 2.80. The van der Waals surface area contributed by atoms with Gasteiger partial charge in [-0.15, -0.1) is 0 Å². The Kier molecular flexibility index (Phi) is 5.11. The van der Waals surface area contributed by atoms with E-state index in [1.54, 1.807) is 0 Å². The first kappa shape index (κ1) is 15.5. The summed E-state index contributed by atoms with van der Waals surface area (Å²) in [5.41, 5.74) is 2.50. The summed E-state index contributed by atoms with van der Waals surface area (Å²) in [5, 5.41) is 3.42. The van der Waals surface area contributed by atoms with E-state index in [1.165, 1.54) is 17.5 Å². The Labute approximate surface area is 133 Å². The molecule has 0 spiro atoms. The van der Waals surface area contributed by atoms with Gasteiger partial charge in [0.1, 0.15) is 6.04 Å². The molecular weight excluding hydrogens is 274 g/mol. The molecule has 0 saturated carbocycles. The van der Waals surface area contributed by atoms with E-state index in [-0.39, 0.29) is 11.9 Å². The molecule has 1 amide bonds. The lowest BCUT2D eigenvalue weighted by Gasteiger charge is -2.31. The van der Waals surface area contributed by atoms with Crippen molar-refractivity contribution in [2.45, 2.75) is 32.2 Å². The molecule has 0 aliphatic carbocycles. The number of benzene rings is 1. The molecule has 0 bridgehead atoms. The second-order valence-electron chi connectivity index (χ2n) is 6.36. The molecule has 0 radical (unpaired) electrons. The van der Waals surface area contributed by atoms with Crippen molar-refractivity contribution in [2.24, 2.45) is 0 Å². The van der Waals surface area contributed by atoms with Gasteiger partial charge in [-0.2, -0.15) is 0 Å². The van der Waals surface area contributed by atoms with Gasteiger partial charge in [-0.25, -0.2) is 0 Å². The molecule has 2 aliphatic rings. The first-order valence-corrected chi connectivity index (χ1v) is 8.62. The van der Waals surface area contributed by atoms with E-state index in [9.17, 15) is 4.79 Å². The van der Waals surface area contributed by atoms with Crippen molar-refractivity contribution in [1.82, 2.24) is 15.1 Å². The topological polar surface area (TPSA) is 35.6 Å². The molecular formula is C18H27N3O. The third-order valence-corrected chi connectivity index (χ3v) is 4.80. The van der Waals surface area contributed by atoms with Crippen LogP contribution in [0.1, 0.15) is 36.9 Å². The molecule has 2 aliphatic heterocycles. The molecule has 3 rings (SSSR count). The van der Waals surface area contributed by atoms with Gasteiger partial charge in [0.2, 0.25) is 5.91 Å². The van der Waals surface area contributed by atoms with Crippen LogP contribution in [0.3, 0.4) is 0 Å². The van der Waals surface area contributed by atoms with Crippen molar-refractivity contribution in [3.05, 3.63) is 35.4 Å². The van der Waals surface area contributed by atoms with Crippen LogP contribution in [0, 0.1) is 0 Å². The third kappa shape index (κ3) is 3.33. The van der Waals surface area contributed by atoms with Gasteiger partial charge in [0.25, 0.3) is 0 Å². The van der Waals surface area contributed by atoms with Crippen LogP contribution >= 0.6 is 0 Å². The number of nitrogens with zero attached hydrogens (tertiary/aromatic N) is 2. The lowest BCUT2D eigenvalue weighted by atomic mass is 9.93. The summed E-state index contributed by atoms with van der Waals surface area (Å²) < 4.78 is 0. The zero-order chi connectivity index (χ0) is 15.4. The van der Waals surface area contributed by atoms with Crippen LogP contribution in [0.25, 0.3) is 0 Å². The molecule has 4 heteroatoms. The van der Waals surface area contributed by atoms with Gasteiger partial charge < -0.3 is 15.1 Å². The number of nitrogens with one attached hydrogen (secondary N) is 1. The minimum Gasteiger partial charge on any atom is -0.340 e. The summed E-state index contributed by atoms with van der Waals surface area (Å²) in [5.74, 6) is 0.255. The third-order valence-electron chi connectivity index (χ3n) is 4.80. The van der Waals surface area contributed by atoms with Crippen LogP contribution in [-0.4, -0.2) is 55.0 Å². The SMILES string of the molecule is CCCN1CCCN(C(=O)[C@@H]2NCCc3ccccc32)CC1. The number of amides is 1. The Morgan fingerprint density at radius 3 is 2.95 bits per heavy atom. The molecule has 1 aromatic rings. The lowest BCUT2D eigenvalue weighted by Crippen LogP contribution is -2.45. The van der Waals surface area contributed by atoms with Crippen molar-refractivity contribution in [3.63, 3.8) is 0 Å². The smallest absolute Gasteiger partial charge is 0.244 e. The Morgan fingerprint density at radius 1 is 1.23 bits per heavy atom. The molecule has 1 N–H and O–H groups in total. The molecule has 0 aromatic heterocycles. The highest BCUT2D eigenvalue weighted by Crippen LogP contribution is 2.24. The van der Waals surface area contributed by atoms with E-state index < -0.39 is 0 Å². The maximum Gasteiger partial charge on any atom is 0.244 e. The van der Waals surface area contributed by atoms with Crippen molar-refractivity contribution < 1.29 is 4.79 Å². The average molecular weight is 301 g/mol. The van der Waals surface area contributed by atoms with Gasteiger partial charge in [-0.05, 0) is 43.5 Å². The van der Waals surface area contributed by atoms with E-state index in [0.29, 0.717) is 0 Å². The Morgan fingerprint density at radius 2 is 2.09 bits per heavy atom. The minimum atomic E-state index is -0.150. The molecule has 1 saturated heterocycles. The first-order valence-electron chi connectivity index (χ1n) is 8.62. The molecule has 1 fully saturated rings. The largest absolute Gasteiger partial charge is 0.340 e. The van der Waals surface area contributed by atoms with Crippen LogP contribution in [-0.2, 0) is 11.2 Å². The monoisotopic (exact) mass is 301 g/mol. The molecule has 1 aromatic carbocycles. The summed E-state index contributed by atoms with van der Waals surface area (Å²) in [6.45, 7) is 8.13. The number of hydrogen-bond donors (Lipinski definition) is 1. The molecule has 22 heavy (non-hydrogen) atoms. The minimum absolute atomic E-state index is 0.150. The summed E-state index contributed by atoms with van der Waals surface area (Å²) in [6.07, 6.45) is 3.29. The van der Waals surface area contributed by atoms with Gasteiger partial charge in [0, 0.05) is 26.2 Å². The van der Waals surface area contributed by atoms with Crippen LogP contribution < -0.4 is 5.32 Å². The number of hydrogen-bond acceptors (Lipinski definition) is 3. The van der Waals surface area contributed by atoms with Crippen molar-refractivity contribution >= 4 is 5.91 Å². The van der Waals surface area contributed by atoms with Crippen LogP contribution in [0.2, 0.25) is 0 Å². The van der Waals surface area contributed by atoms with E-state index in [2.05, 4.69) is 40.2 Å². The maximum atomic E-state index is 13.0. The highest BCUT2D eigenvalue weighted by atomic mass is 16.2. The summed E-state index contributed by atoms with van der Waals surface area (Å²) in [7, 11) is 0. The van der Waals surface area contributed by atoms with Gasteiger partial charge in [0.15, 0.2) is 0 Å². The predicted octanol–water partition coefficient (Wildman–Crippen LogP) is 1.82. The van der Waals surface area contributed by atoms with E-state index >= 15 is 0 Å². The van der Waals surface area contributed by atoms with Gasteiger partial charge in [0.05, 0.1) is 0 Å². The summed E-state index contributed by atoms with van der Waals surface area (Å²) in [4.78, 5) is 17.5.